The van der Waals surface area contributed by atoms with Crippen molar-refractivity contribution in [3.8, 4) is 0 Å². The van der Waals surface area contributed by atoms with Crippen LogP contribution in [0.5, 0.6) is 0 Å². The fourth-order valence-corrected chi connectivity index (χ4v) is 5.18. The summed E-state index contributed by atoms with van der Waals surface area (Å²) < 4.78 is 0.480. The first-order chi connectivity index (χ1) is 10.0. The Labute approximate surface area is 136 Å². The zero-order valence-electron chi connectivity index (χ0n) is 14.7. The van der Waals surface area contributed by atoms with E-state index in [4.69, 9.17) is 0 Å². The van der Waals surface area contributed by atoms with Gasteiger partial charge in [-0.15, -0.1) is 0 Å². The molecule has 3 heteroatoms. The van der Waals surface area contributed by atoms with Crippen LogP contribution in [0.3, 0.4) is 0 Å². The van der Waals surface area contributed by atoms with Gasteiger partial charge in [0.1, 0.15) is 0 Å². The quantitative estimate of drug-likeness (QED) is 0.826. The van der Waals surface area contributed by atoms with Gasteiger partial charge in [-0.25, -0.2) is 0 Å². The first kappa shape index (κ1) is 17.6. The molecule has 0 aromatic carbocycles. The van der Waals surface area contributed by atoms with Gasteiger partial charge in [-0.05, 0) is 50.6 Å². The van der Waals surface area contributed by atoms with E-state index in [0.29, 0.717) is 4.75 Å². The van der Waals surface area contributed by atoms with Gasteiger partial charge in [0.15, 0.2) is 0 Å². The van der Waals surface area contributed by atoms with E-state index < -0.39 is 0 Å². The van der Waals surface area contributed by atoms with Gasteiger partial charge in [-0.1, -0.05) is 34.1 Å². The minimum atomic E-state index is 0.480. The molecule has 0 radical (unpaired) electrons. The molecule has 3 atom stereocenters. The monoisotopic (exact) mass is 312 g/mol. The molecule has 0 aromatic rings. The molecule has 2 aliphatic rings. The van der Waals surface area contributed by atoms with Crippen molar-refractivity contribution in [1.29, 1.82) is 0 Å². The van der Waals surface area contributed by atoms with Crippen molar-refractivity contribution in [2.45, 2.75) is 70.6 Å². The van der Waals surface area contributed by atoms with Gasteiger partial charge in [0.05, 0.1) is 0 Å². The van der Waals surface area contributed by atoms with Crippen molar-refractivity contribution < 1.29 is 0 Å². The highest BCUT2D eigenvalue weighted by molar-refractivity contribution is 8.00. The summed E-state index contributed by atoms with van der Waals surface area (Å²) in [5.74, 6) is 3.15. The van der Waals surface area contributed by atoms with Crippen LogP contribution in [0.4, 0.5) is 0 Å². The number of hydrogen-bond donors (Lipinski definition) is 1. The minimum Gasteiger partial charge on any atom is -0.314 e. The average molecular weight is 313 g/mol. The normalized spacial score (nSPS) is 34.6. The minimum absolute atomic E-state index is 0.480. The largest absolute Gasteiger partial charge is 0.314 e. The van der Waals surface area contributed by atoms with Crippen molar-refractivity contribution in [3.05, 3.63) is 0 Å². The van der Waals surface area contributed by atoms with Gasteiger partial charge < -0.3 is 10.2 Å². The third-order valence-corrected chi connectivity index (χ3v) is 6.93. The maximum Gasteiger partial charge on any atom is 0.0116 e. The second-order valence-corrected chi connectivity index (χ2v) is 9.47. The van der Waals surface area contributed by atoms with E-state index >= 15 is 0 Å². The van der Waals surface area contributed by atoms with Gasteiger partial charge in [0.2, 0.25) is 0 Å². The number of hydrogen-bond acceptors (Lipinski definition) is 3. The molecule has 2 fully saturated rings. The van der Waals surface area contributed by atoms with Gasteiger partial charge in [-0.2, -0.15) is 11.8 Å². The molecular formula is C18H36N2S. The molecule has 1 aliphatic carbocycles. The van der Waals surface area contributed by atoms with Crippen LogP contribution in [0.15, 0.2) is 0 Å². The standard InChI is InChI=1S/C18H36N2S/c1-5-15-7-8-17(19-6-2)16(13-15)14-20-10-9-18(3,4)21-12-11-20/h15-17,19H,5-14H2,1-4H3. The molecule has 1 saturated heterocycles. The summed E-state index contributed by atoms with van der Waals surface area (Å²) in [4.78, 5) is 2.76. The number of thioether (sulfide) groups is 1. The lowest BCUT2D eigenvalue weighted by Gasteiger charge is -2.39. The van der Waals surface area contributed by atoms with Gasteiger partial charge in [0.25, 0.3) is 0 Å². The van der Waals surface area contributed by atoms with E-state index in [1.165, 1.54) is 57.5 Å². The molecule has 1 saturated carbocycles. The first-order valence-corrected chi connectivity index (χ1v) is 10.1. The topological polar surface area (TPSA) is 15.3 Å². The summed E-state index contributed by atoms with van der Waals surface area (Å²) in [5, 5.41) is 3.77. The fourth-order valence-electron chi connectivity index (χ4n) is 4.04. The van der Waals surface area contributed by atoms with Crippen LogP contribution in [0.1, 0.15) is 59.8 Å². The smallest absolute Gasteiger partial charge is 0.0116 e. The Morgan fingerprint density at radius 1 is 1.19 bits per heavy atom. The molecular weight excluding hydrogens is 276 g/mol. The Morgan fingerprint density at radius 3 is 2.71 bits per heavy atom. The Kier molecular flexibility index (Phi) is 6.89. The molecule has 21 heavy (non-hydrogen) atoms. The summed E-state index contributed by atoms with van der Waals surface area (Å²) in [5.41, 5.74) is 0. The molecule has 0 aromatic heterocycles. The third kappa shape index (κ3) is 5.44. The van der Waals surface area contributed by atoms with E-state index in [9.17, 15) is 0 Å². The van der Waals surface area contributed by atoms with Crippen LogP contribution < -0.4 is 5.32 Å². The van der Waals surface area contributed by atoms with E-state index in [1.54, 1.807) is 0 Å². The summed E-state index contributed by atoms with van der Waals surface area (Å²) in [6.07, 6.45) is 6.99. The molecule has 1 aliphatic heterocycles. The van der Waals surface area contributed by atoms with E-state index in [0.717, 1.165) is 24.4 Å². The zero-order chi connectivity index (χ0) is 15.3. The SMILES string of the molecule is CCNC1CCC(CC)CC1CN1CCSC(C)(C)CC1. The van der Waals surface area contributed by atoms with Crippen LogP contribution in [0.2, 0.25) is 0 Å². The van der Waals surface area contributed by atoms with Crippen molar-refractivity contribution >= 4 is 11.8 Å². The molecule has 0 amide bonds. The van der Waals surface area contributed by atoms with Crippen LogP contribution in [-0.4, -0.2) is 47.6 Å². The van der Waals surface area contributed by atoms with E-state index in [2.05, 4.69) is 49.7 Å². The van der Waals surface area contributed by atoms with Gasteiger partial charge >= 0.3 is 0 Å². The number of rotatable bonds is 5. The molecule has 1 N–H and O–H groups in total. The van der Waals surface area contributed by atoms with Crippen molar-refractivity contribution in [2.24, 2.45) is 11.8 Å². The Bertz CT molecular complexity index is 306. The zero-order valence-corrected chi connectivity index (χ0v) is 15.5. The molecule has 124 valence electrons. The lowest BCUT2D eigenvalue weighted by Crippen LogP contribution is -2.46. The number of nitrogens with zero attached hydrogens (tertiary/aromatic N) is 1. The summed E-state index contributed by atoms with van der Waals surface area (Å²) in [6.45, 7) is 14.5. The Morgan fingerprint density at radius 2 is 2.00 bits per heavy atom. The predicted octanol–water partition coefficient (Wildman–Crippen LogP) is 4.01. The fraction of sp³-hybridized carbons (Fsp3) is 1.00. The van der Waals surface area contributed by atoms with Crippen LogP contribution in [-0.2, 0) is 0 Å². The van der Waals surface area contributed by atoms with Crippen LogP contribution in [0, 0.1) is 11.8 Å². The summed E-state index contributed by atoms with van der Waals surface area (Å²) >= 11 is 2.17. The molecule has 1 heterocycles. The lowest BCUT2D eigenvalue weighted by molar-refractivity contribution is 0.141. The molecule has 2 rings (SSSR count). The van der Waals surface area contributed by atoms with Crippen molar-refractivity contribution in [2.75, 3.05) is 31.9 Å². The second-order valence-electron chi connectivity index (χ2n) is 7.67. The third-order valence-electron chi connectivity index (χ3n) is 5.56. The summed E-state index contributed by atoms with van der Waals surface area (Å²) in [6, 6.07) is 0.765. The first-order valence-electron chi connectivity index (χ1n) is 9.13. The maximum atomic E-state index is 3.77. The Balaban J connectivity index is 1.90. The second kappa shape index (κ2) is 8.21. The van der Waals surface area contributed by atoms with E-state index in [-0.39, 0.29) is 0 Å². The highest BCUT2D eigenvalue weighted by atomic mass is 32.2. The highest BCUT2D eigenvalue weighted by Gasteiger charge is 2.32. The molecule has 0 spiro atoms. The average Bonchev–Trinajstić information content (AvgIpc) is 2.62. The Hall–Kier alpha value is 0.270. The lowest BCUT2D eigenvalue weighted by atomic mass is 9.76. The van der Waals surface area contributed by atoms with Gasteiger partial charge in [-0.3, -0.25) is 0 Å². The predicted molar refractivity (Wildman–Crippen MR) is 96.2 cm³/mol. The molecule has 3 unspecified atom stereocenters. The van der Waals surface area contributed by atoms with Crippen LogP contribution in [0.25, 0.3) is 0 Å². The van der Waals surface area contributed by atoms with E-state index in [1.807, 2.05) is 0 Å². The van der Waals surface area contributed by atoms with Crippen molar-refractivity contribution in [1.82, 2.24) is 10.2 Å². The maximum absolute atomic E-state index is 3.77. The molecule has 2 nitrogen and oxygen atoms in total. The number of nitrogens with one attached hydrogen (secondary N) is 1. The van der Waals surface area contributed by atoms with Crippen molar-refractivity contribution in [3.63, 3.8) is 0 Å². The van der Waals surface area contributed by atoms with Crippen LogP contribution >= 0.6 is 11.8 Å². The highest BCUT2D eigenvalue weighted by Crippen LogP contribution is 2.34. The molecule has 0 bridgehead atoms. The summed E-state index contributed by atoms with van der Waals surface area (Å²) in [7, 11) is 0. The van der Waals surface area contributed by atoms with Gasteiger partial charge in [0, 0.05) is 29.6 Å².